The van der Waals surface area contributed by atoms with Crippen LogP contribution in [0.3, 0.4) is 0 Å². The molecule has 0 unspecified atom stereocenters. The molecule has 3 rings (SSSR count). The monoisotopic (exact) mass is 290 g/mol. The number of likely N-dealkylation sites (tertiary alicyclic amines) is 1. The minimum absolute atomic E-state index is 0.136. The van der Waals surface area contributed by atoms with E-state index in [-0.39, 0.29) is 5.82 Å². The lowest BCUT2D eigenvalue weighted by Gasteiger charge is -2.42. The van der Waals surface area contributed by atoms with Gasteiger partial charge in [0, 0.05) is 12.6 Å². The van der Waals surface area contributed by atoms with Gasteiger partial charge in [-0.2, -0.15) is 0 Å². The van der Waals surface area contributed by atoms with Gasteiger partial charge in [0.2, 0.25) is 0 Å². The molecule has 1 N–H and O–H groups in total. The molecule has 0 radical (unpaired) electrons. The second-order valence-corrected chi connectivity index (χ2v) is 7.41. The molecule has 21 heavy (non-hydrogen) atoms. The highest BCUT2D eigenvalue weighted by molar-refractivity contribution is 5.23. The maximum atomic E-state index is 12.9. The SMILES string of the molecule is CN1CCC(C)(CNC2CC(c3ccc(F)cc3)C2)CC1. The van der Waals surface area contributed by atoms with Gasteiger partial charge in [0.25, 0.3) is 0 Å². The van der Waals surface area contributed by atoms with Crippen LogP contribution in [-0.2, 0) is 0 Å². The molecule has 1 aliphatic carbocycles. The zero-order valence-corrected chi connectivity index (χ0v) is 13.2. The van der Waals surface area contributed by atoms with Gasteiger partial charge in [-0.15, -0.1) is 0 Å². The van der Waals surface area contributed by atoms with Crippen molar-refractivity contribution in [3.63, 3.8) is 0 Å². The van der Waals surface area contributed by atoms with Gasteiger partial charge in [-0.1, -0.05) is 19.1 Å². The predicted molar refractivity (Wildman–Crippen MR) is 85.0 cm³/mol. The number of benzene rings is 1. The van der Waals surface area contributed by atoms with E-state index in [0.29, 0.717) is 17.4 Å². The molecule has 1 saturated carbocycles. The molecule has 3 heteroatoms. The fraction of sp³-hybridized carbons (Fsp3) is 0.667. The standard InChI is InChI=1S/C18H27FN2/c1-18(7-9-21(2)10-8-18)13-20-17-11-15(12-17)14-3-5-16(19)6-4-14/h3-6,15,17,20H,7-13H2,1-2H3. The Morgan fingerprint density at radius 3 is 2.43 bits per heavy atom. The highest BCUT2D eigenvalue weighted by atomic mass is 19.1. The number of nitrogens with zero attached hydrogens (tertiary/aromatic N) is 1. The van der Waals surface area contributed by atoms with E-state index in [1.807, 2.05) is 12.1 Å². The van der Waals surface area contributed by atoms with E-state index in [9.17, 15) is 4.39 Å². The molecule has 1 aromatic rings. The van der Waals surface area contributed by atoms with Gasteiger partial charge in [-0.05, 0) is 74.8 Å². The molecule has 1 heterocycles. The van der Waals surface area contributed by atoms with Gasteiger partial charge in [-0.3, -0.25) is 0 Å². The summed E-state index contributed by atoms with van der Waals surface area (Å²) in [5.74, 6) is 0.483. The average Bonchev–Trinajstić information content (AvgIpc) is 2.43. The zero-order valence-electron chi connectivity index (χ0n) is 13.2. The van der Waals surface area contributed by atoms with Crippen LogP contribution >= 0.6 is 0 Å². The van der Waals surface area contributed by atoms with E-state index in [1.165, 1.54) is 44.3 Å². The smallest absolute Gasteiger partial charge is 0.123 e. The minimum Gasteiger partial charge on any atom is -0.313 e. The number of hydrogen-bond acceptors (Lipinski definition) is 2. The summed E-state index contributed by atoms with van der Waals surface area (Å²) < 4.78 is 12.9. The highest BCUT2D eigenvalue weighted by Gasteiger charge is 2.33. The van der Waals surface area contributed by atoms with Gasteiger partial charge in [0.05, 0.1) is 0 Å². The van der Waals surface area contributed by atoms with Crippen LogP contribution in [0, 0.1) is 11.2 Å². The van der Waals surface area contributed by atoms with E-state index in [0.717, 1.165) is 6.54 Å². The number of hydrogen-bond donors (Lipinski definition) is 1. The third-order valence-corrected chi connectivity index (χ3v) is 5.49. The second-order valence-electron chi connectivity index (χ2n) is 7.41. The molecular weight excluding hydrogens is 263 g/mol. The zero-order chi connectivity index (χ0) is 14.9. The lowest BCUT2D eigenvalue weighted by Crippen LogP contribution is -2.47. The van der Waals surface area contributed by atoms with Crippen LogP contribution < -0.4 is 5.32 Å². The summed E-state index contributed by atoms with van der Waals surface area (Å²) in [4.78, 5) is 2.43. The third-order valence-electron chi connectivity index (χ3n) is 5.49. The molecule has 0 bridgehead atoms. The van der Waals surface area contributed by atoms with E-state index in [1.54, 1.807) is 12.1 Å². The average molecular weight is 290 g/mol. The quantitative estimate of drug-likeness (QED) is 0.914. The van der Waals surface area contributed by atoms with Crippen LogP contribution in [0.5, 0.6) is 0 Å². The van der Waals surface area contributed by atoms with Crippen molar-refractivity contribution < 1.29 is 4.39 Å². The number of nitrogens with one attached hydrogen (secondary N) is 1. The molecular formula is C18H27FN2. The van der Waals surface area contributed by atoms with Gasteiger partial charge in [0.15, 0.2) is 0 Å². The molecule has 2 fully saturated rings. The highest BCUT2D eigenvalue weighted by Crippen LogP contribution is 2.38. The van der Waals surface area contributed by atoms with E-state index in [4.69, 9.17) is 0 Å². The molecule has 2 aliphatic rings. The van der Waals surface area contributed by atoms with E-state index >= 15 is 0 Å². The van der Waals surface area contributed by atoms with Crippen LogP contribution in [0.1, 0.15) is 44.1 Å². The van der Waals surface area contributed by atoms with Crippen molar-refractivity contribution in [2.75, 3.05) is 26.7 Å². The van der Waals surface area contributed by atoms with E-state index in [2.05, 4.69) is 24.2 Å². The van der Waals surface area contributed by atoms with Crippen molar-refractivity contribution in [3.05, 3.63) is 35.6 Å². The number of piperidine rings is 1. The summed E-state index contributed by atoms with van der Waals surface area (Å²) in [6.45, 7) is 6.01. The Hall–Kier alpha value is -0.930. The largest absolute Gasteiger partial charge is 0.313 e. The normalized spacial score (nSPS) is 29.1. The van der Waals surface area contributed by atoms with Crippen molar-refractivity contribution in [2.24, 2.45) is 5.41 Å². The number of rotatable bonds is 4. The molecule has 1 aromatic carbocycles. The topological polar surface area (TPSA) is 15.3 Å². The second kappa shape index (κ2) is 6.05. The first kappa shape index (κ1) is 15.0. The third kappa shape index (κ3) is 3.64. The Bertz CT molecular complexity index is 457. The van der Waals surface area contributed by atoms with E-state index < -0.39 is 0 Å². The Balaban J connectivity index is 1.42. The molecule has 0 amide bonds. The first-order chi connectivity index (χ1) is 10.0. The summed E-state index contributed by atoms with van der Waals surface area (Å²) in [5.41, 5.74) is 1.76. The number of halogens is 1. The van der Waals surface area contributed by atoms with Gasteiger partial charge >= 0.3 is 0 Å². The molecule has 116 valence electrons. The van der Waals surface area contributed by atoms with Crippen molar-refractivity contribution in [1.29, 1.82) is 0 Å². The Morgan fingerprint density at radius 2 is 1.81 bits per heavy atom. The van der Waals surface area contributed by atoms with Gasteiger partial charge in [-0.25, -0.2) is 4.39 Å². The fourth-order valence-electron chi connectivity index (χ4n) is 3.52. The summed E-state index contributed by atoms with van der Waals surface area (Å²) in [6, 6.07) is 7.69. The molecule has 0 aromatic heterocycles. The lowest BCUT2D eigenvalue weighted by atomic mass is 9.74. The van der Waals surface area contributed by atoms with Crippen molar-refractivity contribution >= 4 is 0 Å². The Kier molecular flexibility index (Phi) is 4.32. The predicted octanol–water partition coefficient (Wildman–Crippen LogP) is 3.39. The summed E-state index contributed by atoms with van der Waals surface area (Å²) in [6.07, 6.45) is 4.98. The van der Waals surface area contributed by atoms with Crippen LogP contribution in [0.4, 0.5) is 4.39 Å². The van der Waals surface area contributed by atoms with Crippen LogP contribution in [-0.4, -0.2) is 37.6 Å². The summed E-state index contributed by atoms with van der Waals surface area (Å²) in [7, 11) is 2.21. The summed E-state index contributed by atoms with van der Waals surface area (Å²) >= 11 is 0. The Morgan fingerprint density at radius 1 is 1.19 bits per heavy atom. The van der Waals surface area contributed by atoms with Crippen LogP contribution in [0.2, 0.25) is 0 Å². The first-order valence-corrected chi connectivity index (χ1v) is 8.21. The molecule has 0 atom stereocenters. The van der Waals surface area contributed by atoms with Gasteiger partial charge in [0.1, 0.15) is 5.82 Å². The fourth-order valence-corrected chi connectivity index (χ4v) is 3.52. The molecule has 1 aliphatic heterocycles. The first-order valence-electron chi connectivity index (χ1n) is 8.21. The summed E-state index contributed by atoms with van der Waals surface area (Å²) in [5, 5.41) is 3.76. The molecule has 0 spiro atoms. The maximum absolute atomic E-state index is 12.9. The van der Waals surface area contributed by atoms with Crippen LogP contribution in [0.25, 0.3) is 0 Å². The lowest BCUT2D eigenvalue weighted by molar-refractivity contribution is 0.125. The maximum Gasteiger partial charge on any atom is 0.123 e. The Labute approximate surface area is 127 Å². The molecule has 1 saturated heterocycles. The van der Waals surface area contributed by atoms with Crippen molar-refractivity contribution in [3.8, 4) is 0 Å². The van der Waals surface area contributed by atoms with Gasteiger partial charge < -0.3 is 10.2 Å². The molecule has 2 nitrogen and oxygen atoms in total. The van der Waals surface area contributed by atoms with Crippen molar-refractivity contribution in [1.82, 2.24) is 10.2 Å². The van der Waals surface area contributed by atoms with Crippen molar-refractivity contribution in [2.45, 2.75) is 44.6 Å². The minimum atomic E-state index is -0.136. The van der Waals surface area contributed by atoms with Crippen LogP contribution in [0.15, 0.2) is 24.3 Å².